The number of carbonyl (C=O) groups excluding carboxylic acids is 2. The van der Waals surface area contributed by atoms with Crippen LogP contribution in [0.4, 0.5) is 5.69 Å². The van der Waals surface area contributed by atoms with Crippen LogP contribution in [0.25, 0.3) is 0 Å². The SMILES string of the molecule is CCOC(=O)CCC(=O)Nc1ccc(C)c(I)c1. The first-order valence-electron chi connectivity index (χ1n) is 5.74. The van der Waals surface area contributed by atoms with Crippen LogP contribution in [0.5, 0.6) is 0 Å². The first-order chi connectivity index (χ1) is 8.52. The van der Waals surface area contributed by atoms with Gasteiger partial charge >= 0.3 is 5.97 Å². The van der Waals surface area contributed by atoms with Gasteiger partial charge in [0.25, 0.3) is 0 Å². The second-order valence-corrected chi connectivity index (χ2v) is 4.98. The molecule has 1 aromatic carbocycles. The summed E-state index contributed by atoms with van der Waals surface area (Å²) in [4.78, 5) is 22.7. The summed E-state index contributed by atoms with van der Waals surface area (Å²) in [5, 5.41) is 2.76. The number of esters is 1. The van der Waals surface area contributed by atoms with Gasteiger partial charge in [-0.05, 0) is 54.1 Å². The highest BCUT2D eigenvalue weighted by atomic mass is 127. The first kappa shape index (κ1) is 14.9. The van der Waals surface area contributed by atoms with Gasteiger partial charge in [0.05, 0.1) is 13.0 Å². The van der Waals surface area contributed by atoms with Crippen molar-refractivity contribution in [1.29, 1.82) is 0 Å². The van der Waals surface area contributed by atoms with Crippen LogP contribution in [0.15, 0.2) is 18.2 Å². The minimum atomic E-state index is -0.342. The molecule has 1 rings (SSSR count). The Kier molecular flexibility index (Phi) is 6.11. The summed E-state index contributed by atoms with van der Waals surface area (Å²) in [7, 11) is 0. The zero-order valence-electron chi connectivity index (χ0n) is 10.5. The van der Waals surface area contributed by atoms with Crippen molar-refractivity contribution in [2.45, 2.75) is 26.7 Å². The fourth-order valence-corrected chi connectivity index (χ4v) is 1.86. The number of rotatable bonds is 5. The molecule has 0 heterocycles. The topological polar surface area (TPSA) is 55.4 Å². The highest BCUT2D eigenvalue weighted by Gasteiger charge is 2.08. The van der Waals surface area contributed by atoms with Gasteiger partial charge in [0.1, 0.15) is 0 Å². The van der Waals surface area contributed by atoms with Crippen LogP contribution < -0.4 is 5.32 Å². The number of aryl methyl sites for hydroxylation is 1. The maximum absolute atomic E-state index is 11.6. The third-order valence-electron chi connectivity index (χ3n) is 2.32. The van der Waals surface area contributed by atoms with E-state index in [4.69, 9.17) is 4.74 Å². The Bertz CT molecular complexity index is 446. The molecule has 0 saturated heterocycles. The number of hydrogen-bond acceptors (Lipinski definition) is 3. The van der Waals surface area contributed by atoms with Gasteiger partial charge in [0, 0.05) is 15.7 Å². The molecule has 0 radical (unpaired) electrons. The van der Waals surface area contributed by atoms with Gasteiger partial charge in [-0.1, -0.05) is 6.07 Å². The van der Waals surface area contributed by atoms with Gasteiger partial charge in [-0.25, -0.2) is 0 Å². The van der Waals surface area contributed by atoms with Crippen LogP contribution in [-0.4, -0.2) is 18.5 Å². The van der Waals surface area contributed by atoms with Crippen molar-refractivity contribution in [2.75, 3.05) is 11.9 Å². The van der Waals surface area contributed by atoms with Crippen LogP contribution >= 0.6 is 22.6 Å². The lowest BCUT2D eigenvalue weighted by atomic mass is 10.2. The van der Waals surface area contributed by atoms with E-state index in [0.717, 1.165) is 9.26 Å². The van der Waals surface area contributed by atoms with Crippen molar-refractivity contribution in [3.05, 3.63) is 27.3 Å². The standard InChI is InChI=1S/C13H16INO3/c1-3-18-13(17)7-6-12(16)15-10-5-4-9(2)11(14)8-10/h4-5,8H,3,6-7H2,1-2H3,(H,15,16). The van der Waals surface area contributed by atoms with E-state index in [1.54, 1.807) is 6.92 Å². The molecule has 0 unspecified atom stereocenters. The number of carbonyl (C=O) groups is 2. The van der Waals surface area contributed by atoms with Crippen molar-refractivity contribution >= 4 is 40.2 Å². The quantitative estimate of drug-likeness (QED) is 0.648. The molecule has 1 N–H and O–H groups in total. The summed E-state index contributed by atoms with van der Waals surface area (Å²) in [5.74, 6) is -0.520. The Hall–Kier alpha value is -1.11. The van der Waals surface area contributed by atoms with E-state index >= 15 is 0 Å². The smallest absolute Gasteiger partial charge is 0.306 e. The summed E-state index contributed by atoms with van der Waals surface area (Å²) in [6.45, 7) is 4.09. The minimum absolute atomic E-state index is 0.114. The highest BCUT2D eigenvalue weighted by Crippen LogP contribution is 2.17. The molecular weight excluding hydrogens is 345 g/mol. The predicted octanol–water partition coefficient (Wildman–Crippen LogP) is 2.88. The van der Waals surface area contributed by atoms with Crippen LogP contribution in [0, 0.1) is 10.5 Å². The summed E-state index contributed by atoms with van der Waals surface area (Å²) >= 11 is 2.21. The molecule has 5 heteroatoms. The molecule has 18 heavy (non-hydrogen) atoms. The average Bonchev–Trinajstić information content (AvgIpc) is 2.32. The van der Waals surface area contributed by atoms with Crippen LogP contribution in [-0.2, 0) is 14.3 Å². The average molecular weight is 361 g/mol. The fourth-order valence-electron chi connectivity index (χ4n) is 1.34. The molecular formula is C13H16INO3. The fraction of sp³-hybridized carbons (Fsp3) is 0.385. The Morgan fingerprint density at radius 3 is 2.67 bits per heavy atom. The molecule has 4 nitrogen and oxygen atoms in total. The van der Waals surface area contributed by atoms with Crippen LogP contribution in [0.3, 0.4) is 0 Å². The van der Waals surface area contributed by atoms with E-state index < -0.39 is 0 Å². The Morgan fingerprint density at radius 1 is 1.33 bits per heavy atom. The van der Waals surface area contributed by atoms with Crippen molar-refractivity contribution in [3.8, 4) is 0 Å². The molecule has 0 fully saturated rings. The number of amides is 1. The van der Waals surface area contributed by atoms with E-state index in [2.05, 4.69) is 27.9 Å². The highest BCUT2D eigenvalue weighted by molar-refractivity contribution is 14.1. The van der Waals surface area contributed by atoms with Crippen LogP contribution in [0.1, 0.15) is 25.3 Å². The van der Waals surface area contributed by atoms with Gasteiger partial charge in [0.2, 0.25) is 5.91 Å². The van der Waals surface area contributed by atoms with E-state index in [9.17, 15) is 9.59 Å². The van der Waals surface area contributed by atoms with E-state index in [1.807, 2.05) is 25.1 Å². The van der Waals surface area contributed by atoms with Crippen molar-refractivity contribution < 1.29 is 14.3 Å². The molecule has 0 saturated carbocycles. The van der Waals surface area contributed by atoms with Gasteiger partial charge in [-0.2, -0.15) is 0 Å². The maximum atomic E-state index is 11.6. The number of benzene rings is 1. The molecule has 0 atom stereocenters. The Morgan fingerprint density at radius 2 is 2.06 bits per heavy atom. The molecule has 0 aliphatic heterocycles. The molecule has 0 aliphatic rings. The second kappa shape index (κ2) is 7.35. The minimum Gasteiger partial charge on any atom is -0.466 e. The maximum Gasteiger partial charge on any atom is 0.306 e. The summed E-state index contributed by atoms with van der Waals surface area (Å²) in [5.41, 5.74) is 1.92. The van der Waals surface area contributed by atoms with Crippen molar-refractivity contribution in [3.63, 3.8) is 0 Å². The zero-order valence-corrected chi connectivity index (χ0v) is 12.6. The summed E-state index contributed by atoms with van der Waals surface area (Å²) in [6.07, 6.45) is 0.256. The zero-order chi connectivity index (χ0) is 13.5. The molecule has 0 spiro atoms. The molecule has 0 aliphatic carbocycles. The van der Waals surface area contributed by atoms with E-state index in [1.165, 1.54) is 5.56 Å². The Balaban J connectivity index is 2.44. The first-order valence-corrected chi connectivity index (χ1v) is 6.82. The van der Waals surface area contributed by atoms with Gasteiger partial charge in [-0.15, -0.1) is 0 Å². The molecule has 0 aromatic heterocycles. The van der Waals surface area contributed by atoms with Gasteiger partial charge < -0.3 is 10.1 Å². The summed E-state index contributed by atoms with van der Waals surface area (Å²) < 4.78 is 5.85. The number of hydrogen-bond donors (Lipinski definition) is 1. The summed E-state index contributed by atoms with van der Waals surface area (Å²) in [6, 6.07) is 5.70. The second-order valence-electron chi connectivity index (χ2n) is 3.82. The third kappa shape index (κ3) is 5.03. The lowest BCUT2D eigenvalue weighted by Gasteiger charge is -2.07. The van der Waals surface area contributed by atoms with Crippen molar-refractivity contribution in [2.24, 2.45) is 0 Å². The monoisotopic (exact) mass is 361 g/mol. The molecule has 98 valence electrons. The molecule has 0 bridgehead atoms. The number of halogens is 1. The normalized spacial score (nSPS) is 9.94. The number of nitrogens with one attached hydrogen (secondary N) is 1. The van der Waals surface area contributed by atoms with E-state index in [-0.39, 0.29) is 24.7 Å². The Labute approximate surface area is 120 Å². The van der Waals surface area contributed by atoms with Gasteiger partial charge in [-0.3, -0.25) is 9.59 Å². The number of ether oxygens (including phenoxy) is 1. The predicted molar refractivity (Wildman–Crippen MR) is 78.4 cm³/mol. The number of anilines is 1. The molecule has 1 amide bonds. The third-order valence-corrected chi connectivity index (χ3v) is 3.48. The lowest BCUT2D eigenvalue weighted by Crippen LogP contribution is -2.14. The largest absolute Gasteiger partial charge is 0.466 e. The van der Waals surface area contributed by atoms with Gasteiger partial charge in [0.15, 0.2) is 0 Å². The van der Waals surface area contributed by atoms with E-state index in [0.29, 0.717) is 6.61 Å². The molecule has 1 aromatic rings. The van der Waals surface area contributed by atoms with Crippen LogP contribution in [0.2, 0.25) is 0 Å². The lowest BCUT2D eigenvalue weighted by molar-refractivity contribution is -0.144. The van der Waals surface area contributed by atoms with Crippen molar-refractivity contribution in [1.82, 2.24) is 0 Å².